The zero-order chi connectivity index (χ0) is 13.1. The number of benzene rings is 1. The molecule has 100 valence electrons. The van der Waals surface area contributed by atoms with Crippen LogP contribution in [0.3, 0.4) is 0 Å². The van der Waals surface area contributed by atoms with Gasteiger partial charge in [0.2, 0.25) is 0 Å². The zero-order valence-corrected chi connectivity index (χ0v) is 10.9. The van der Waals surface area contributed by atoms with Crippen LogP contribution in [0.1, 0.15) is 19.3 Å². The highest BCUT2D eigenvalue weighted by Gasteiger charge is 2.13. The Morgan fingerprint density at radius 2 is 2.00 bits per heavy atom. The van der Waals surface area contributed by atoms with Gasteiger partial charge in [0, 0.05) is 12.6 Å². The van der Waals surface area contributed by atoms with E-state index in [0.717, 1.165) is 24.1 Å². The highest BCUT2D eigenvalue weighted by Crippen LogP contribution is 2.18. The van der Waals surface area contributed by atoms with Gasteiger partial charge in [0.25, 0.3) is 0 Å². The van der Waals surface area contributed by atoms with E-state index in [1.54, 1.807) is 0 Å². The molecule has 1 fully saturated rings. The van der Waals surface area contributed by atoms with Crippen LogP contribution in [0.25, 0.3) is 11.0 Å². The maximum Gasteiger partial charge on any atom is 0.169 e. The van der Waals surface area contributed by atoms with Crippen molar-refractivity contribution in [2.75, 3.05) is 24.1 Å². The molecule has 0 amide bonds. The Labute approximate surface area is 112 Å². The second-order valence-corrected chi connectivity index (χ2v) is 4.97. The van der Waals surface area contributed by atoms with E-state index in [4.69, 9.17) is 5.73 Å². The first-order valence-corrected chi connectivity index (χ1v) is 6.82. The van der Waals surface area contributed by atoms with E-state index in [1.807, 2.05) is 24.3 Å². The zero-order valence-electron chi connectivity index (χ0n) is 10.9. The third-order valence-corrected chi connectivity index (χ3v) is 3.53. The molecular formula is C14H19N5. The molecule has 5 heteroatoms. The Kier molecular flexibility index (Phi) is 3.46. The van der Waals surface area contributed by atoms with E-state index in [0.29, 0.717) is 17.7 Å². The first kappa shape index (κ1) is 12.2. The lowest BCUT2D eigenvalue weighted by atomic mass is 10.1. The van der Waals surface area contributed by atoms with Gasteiger partial charge in [-0.2, -0.15) is 0 Å². The lowest BCUT2D eigenvalue weighted by Crippen LogP contribution is -2.39. The second kappa shape index (κ2) is 5.40. The molecule has 1 aliphatic heterocycles. The molecule has 0 unspecified atom stereocenters. The van der Waals surface area contributed by atoms with Gasteiger partial charge in [-0.1, -0.05) is 18.6 Å². The Morgan fingerprint density at radius 1 is 1.21 bits per heavy atom. The summed E-state index contributed by atoms with van der Waals surface area (Å²) in [4.78, 5) is 8.90. The number of para-hydroxylation sites is 2. The lowest BCUT2D eigenvalue weighted by Gasteiger charge is -2.24. The summed E-state index contributed by atoms with van der Waals surface area (Å²) in [5.74, 6) is 1.15. The molecule has 2 aromatic rings. The molecule has 5 nitrogen and oxygen atoms in total. The average Bonchev–Trinajstić information content (AvgIpc) is 2.46. The Bertz CT molecular complexity index is 563. The minimum atomic E-state index is 0.467. The molecule has 4 N–H and O–H groups in total. The molecule has 19 heavy (non-hydrogen) atoms. The maximum atomic E-state index is 5.95. The highest BCUT2D eigenvalue weighted by atomic mass is 15.1. The predicted molar refractivity (Wildman–Crippen MR) is 78.1 cm³/mol. The normalized spacial score (nSPS) is 19.5. The molecule has 1 aromatic heterocycles. The van der Waals surface area contributed by atoms with Crippen molar-refractivity contribution < 1.29 is 0 Å². The molecule has 0 bridgehead atoms. The molecule has 0 radical (unpaired) electrons. The summed E-state index contributed by atoms with van der Waals surface area (Å²) in [5, 5.41) is 6.81. The maximum absolute atomic E-state index is 5.95. The molecule has 2 heterocycles. The Balaban J connectivity index is 1.74. The standard InChI is InChI=1S/C14H19N5/c15-13-14(17-9-10-5-3-4-8-16-10)19-12-7-2-1-6-11(12)18-13/h1-2,6-7,10,16H,3-5,8-9H2,(H2,15,18)(H,17,19)/t10-/m0/s1. The molecule has 1 aliphatic rings. The third-order valence-electron chi connectivity index (χ3n) is 3.53. The first-order chi connectivity index (χ1) is 9.33. The third kappa shape index (κ3) is 2.76. The number of hydrogen-bond donors (Lipinski definition) is 3. The van der Waals surface area contributed by atoms with E-state index < -0.39 is 0 Å². The van der Waals surface area contributed by atoms with Crippen LogP contribution in [0.2, 0.25) is 0 Å². The van der Waals surface area contributed by atoms with Gasteiger partial charge in [-0.15, -0.1) is 0 Å². The molecular weight excluding hydrogens is 238 g/mol. The van der Waals surface area contributed by atoms with Crippen molar-refractivity contribution in [1.82, 2.24) is 15.3 Å². The number of aromatic nitrogens is 2. The number of hydrogen-bond acceptors (Lipinski definition) is 5. The number of anilines is 2. The fraction of sp³-hybridized carbons (Fsp3) is 0.429. The largest absolute Gasteiger partial charge is 0.381 e. The van der Waals surface area contributed by atoms with Crippen LogP contribution in [0.5, 0.6) is 0 Å². The molecule has 1 aromatic carbocycles. The number of fused-ring (bicyclic) bond motifs is 1. The van der Waals surface area contributed by atoms with E-state index in [-0.39, 0.29) is 0 Å². The van der Waals surface area contributed by atoms with Crippen molar-refractivity contribution in [3.63, 3.8) is 0 Å². The smallest absolute Gasteiger partial charge is 0.169 e. The van der Waals surface area contributed by atoms with Gasteiger partial charge in [-0.3, -0.25) is 0 Å². The summed E-state index contributed by atoms with van der Waals surface area (Å²) < 4.78 is 0. The highest BCUT2D eigenvalue weighted by molar-refractivity contribution is 5.79. The number of nitrogens with one attached hydrogen (secondary N) is 2. The molecule has 0 aliphatic carbocycles. The summed E-state index contributed by atoms with van der Waals surface area (Å²) in [5.41, 5.74) is 7.65. The Hall–Kier alpha value is -1.88. The van der Waals surface area contributed by atoms with Crippen LogP contribution in [-0.4, -0.2) is 29.1 Å². The van der Waals surface area contributed by atoms with Crippen LogP contribution in [0.15, 0.2) is 24.3 Å². The number of piperidine rings is 1. The van der Waals surface area contributed by atoms with Gasteiger partial charge in [0.05, 0.1) is 11.0 Å². The first-order valence-electron chi connectivity index (χ1n) is 6.82. The minimum absolute atomic E-state index is 0.467. The van der Waals surface area contributed by atoms with Gasteiger partial charge in [-0.25, -0.2) is 9.97 Å². The average molecular weight is 257 g/mol. The summed E-state index contributed by atoms with van der Waals surface area (Å²) in [6, 6.07) is 8.27. The fourth-order valence-electron chi connectivity index (χ4n) is 2.46. The summed E-state index contributed by atoms with van der Waals surface area (Å²) in [6.07, 6.45) is 3.76. The van der Waals surface area contributed by atoms with E-state index in [1.165, 1.54) is 19.3 Å². The van der Waals surface area contributed by atoms with Crippen molar-refractivity contribution in [3.8, 4) is 0 Å². The molecule has 1 atom stereocenters. The number of rotatable bonds is 3. The van der Waals surface area contributed by atoms with Gasteiger partial charge < -0.3 is 16.4 Å². The van der Waals surface area contributed by atoms with Gasteiger partial charge in [-0.05, 0) is 31.5 Å². The summed E-state index contributed by atoms with van der Waals surface area (Å²) >= 11 is 0. The molecule has 0 saturated carbocycles. The molecule has 1 saturated heterocycles. The SMILES string of the molecule is Nc1nc2ccccc2nc1NC[C@@H]1CCCCN1. The predicted octanol–water partition coefficient (Wildman–Crippen LogP) is 1.77. The van der Waals surface area contributed by atoms with Gasteiger partial charge >= 0.3 is 0 Å². The number of nitrogens with zero attached hydrogens (tertiary/aromatic N) is 2. The van der Waals surface area contributed by atoms with Gasteiger partial charge in [0.1, 0.15) is 0 Å². The lowest BCUT2D eigenvalue weighted by molar-refractivity contribution is 0.414. The second-order valence-electron chi connectivity index (χ2n) is 4.97. The van der Waals surface area contributed by atoms with Crippen molar-refractivity contribution in [2.45, 2.75) is 25.3 Å². The van der Waals surface area contributed by atoms with Crippen LogP contribution in [-0.2, 0) is 0 Å². The fourth-order valence-corrected chi connectivity index (χ4v) is 2.46. The molecule has 3 rings (SSSR count). The van der Waals surface area contributed by atoms with Crippen molar-refractivity contribution in [2.24, 2.45) is 0 Å². The number of nitrogen functional groups attached to an aromatic ring is 1. The van der Waals surface area contributed by atoms with Crippen LogP contribution >= 0.6 is 0 Å². The summed E-state index contributed by atoms with van der Waals surface area (Å²) in [6.45, 7) is 1.95. The van der Waals surface area contributed by atoms with E-state index in [2.05, 4.69) is 20.6 Å². The quantitative estimate of drug-likeness (QED) is 0.781. The molecule has 0 spiro atoms. The van der Waals surface area contributed by atoms with Crippen molar-refractivity contribution in [3.05, 3.63) is 24.3 Å². The number of nitrogens with two attached hydrogens (primary N) is 1. The topological polar surface area (TPSA) is 75.9 Å². The van der Waals surface area contributed by atoms with E-state index >= 15 is 0 Å². The van der Waals surface area contributed by atoms with Crippen molar-refractivity contribution in [1.29, 1.82) is 0 Å². The van der Waals surface area contributed by atoms with Crippen LogP contribution < -0.4 is 16.4 Å². The minimum Gasteiger partial charge on any atom is -0.381 e. The Morgan fingerprint density at radius 3 is 2.74 bits per heavy atom. The summed E-state index contributed by atoms with van der Waals surface area (Å²) in [7, 11) is 0. The van der Waals surface area contributed by atoms with Gasteiger partial charge in [0.15, 0.2) is 11.6 Å². The van der Waals surface area contributed by atoms with E-state index in [9.17, 15) is 0 Å². The van der Waals surface area contributed by atoms with Crippen LogP contribution in [0.4, 0.5) is 11.6 Å². The monoisotopic (exact) mass is 257 g/mol. The van der Waals surface area contributed by atoms with Crippen LogP contribution in [0, 0.1) is 0 Å². The van der Waals surface area contributed by atoms with Crippen molar-refractivity contribution >= 4 is 22.7 Å².